The molecule has 10 heteroatoms. The van der Waals surface area contributed by atoms with E-state index in [1.807, 2.05) is 45.0 Å². The van der Waals surface area contributed by atoms with Gasteiger partial charge in [-0.25, -0.2) is 8.42 Å². The van der Waals surface area contributed by atoms with Gasteiger partial charge in [-0.2, -0.15) is 0 Å². The van der Waals surface area contributed by atoms with Crippen LogP contribution in [0.3, 0.4) is 0 Å². The average molecular weight is 532 g/mol. The number of fused-ring (bicyclic) bond motifs is 1. The second-order valence-corrected chi connectivity index (χ2v) is 10.9. The Balaban J connectivity index is 1.77. The molecular weight excluding hydrogens is 494 g/mol. The molecule has 202 valence electrons. The average Bonchev–Trinajstić information content (AvgIpc) is 2.86. The van der Waals surface area contributed by atoms with Crippen LogP contribution in [0.2, 0.25) is 0 Å². The lowest BCUT2D eigenvalue weighted by molar-refractivity contribution is -0.141. The van der Waals surface area contributed by atoms with Gasteiger partial charge in [-0.3, -0.25) is 13.9 Å². The number of carbonyl (C=O) groups is 2. The first kappa shape index (κ1) is 28.3. The van der Waals surface area contributed by atoms with E-state index in [2.05, 4.69) is 5.32 Å². The Bertz CT molecular complexity index is 1200. The summed E-state index contributed by atoms with van der Waals surface area (Å²) in [7, 11) is -3.61. The monoisotopic (exact) mass is 531 g/mol. The Morgan fingerprint density at radius 2 is 1.76 bits per heavy atom. The molecule has 0 fully saturated rings. The van der Waals surface area contributed by atoms with E-state index in [1.165, 1.54) is 4.31 Å². The van der Waals surface area contributed by atoms with Crippen LogP contribution in [-0.2, 0) is 26.2 Å². The topological polar surface area (TPSA) is 105 Å². The number of hydrogen-bond acceptors (Lipinski definition) is 6. The van der Waals surface area contributed by atoms with Crippen molar-refractivity contribution in [2.75, 3.05) is 36.9 Å². The van der Waals surface area contributed by atoms with Crippen molar-refractivity contribution < 1.29 is 27.5 Å². The Kier molecular flexibility index (Phi) is 9.79. The Morgan fingerprint density at radius 3 is 2.41 bits per heavy atom. The molecule has 1 aliphatic rings. The van der Waals surface area contributed by atoms with Crippen LogP contribution in [0.5, 0.6) is 11.5 Å². The highest BCUT2D eigenvalue weighted by Crippen LogP contribution is 2.34. The van der Waals surface area contributed by atoms with Crippen molar-refractivity contribution in [3.8, 4) is 11.5 Å². The fourth-order valence-electron chi connectivity index (χ4n) is 4.37. The molecule has 0 bridgehead atoms. The van der Waals surface area contributed by atoms with E-state index in [4.69, 9.17) is 9.47 Å². The summed E-state index contributed by atoms with van der Waals surface area (Å²) in [5.41, 5.74) is 2.45. The summed E-state index contributed by atoms with van der Waals surface area (Å²) in [6.45, 7) is 7.42. The minimum atomic E-state index is -3.61. The first-order valence-electron chi connectivity index (χ1n) is 12.6. The molecule has 0 saturated carbocycles. The van der Waals surface area contributed by atoms with Crippen molar-refractivity contribution in [1.82, 2.24) is 10.2 Å². The lowest BCUT2D eigenvalue weighted by Crippen LogP contribution is -2.49. The van der Waals surface area contributed by atoms with E-state index in [9.17, 15) is 18.0 Å². The molecule has 0 aliphatic carbocycles. The van der Waals surface area contributed by atoms with E-state index >= 15 is 0 Å². The molecule has 0 saturated heterocycles. The second-order valence-electron chi connectivity index (χ2n) is 9.03. The Morgan fingerprint density at radius 1 is 1.05 bits per heavy atom. The SMILES string of the molecule is CCNC(=O)[C@@H](CC)N(Cc1ccccc1C)C(=O)CCCN(c1ccc2c(c1)OCCO2)S(C)(=O)=O. The molecule has 2 aromatic rings. The van der Waals surface area contributed by atoms with Crippen LogP contribution >= 0.6 is 0 Å². The van der Waals surface area contributed by atoms with Gasteiger partial charge in [0.25, 0.3) is 0 Å². The van der Waals surface area contributed by atoms with Crippen molar-refractivity contribution in [3.05, 3.63) is 53.6 Å². The normalized spacial score (nSPS) is 13.5. The zero-order valence-electron chi connectivity index (χ0n) is 22.0. The quantitative estimate of drug-likeness (QED) is 0.451. The van der Waals surface area contributed by atoms with Crippen LogP contribution < -0.4 is 19.1 Å². The van der Waals surface area contributed by atoms with E-state index in [0.29, 0.717) is 49.9 Å². The van der Waals surface area contributed by atoms with Crippen LogP contribution in [0.1, 0.15) is 44.2 Å². The summed E-state index contributed by atoms with van der Waals surface area (Å²) in [5.74, 6) is 0.671. The van der Waals surface area contributed by atoms with Gasteiger partial charge >= 0.3 is 0 Å². The first-order valence-corrected chi connectivity index (χ1v) is 14.5. The molecule has 9 nitrogen and oxygen atoms in total. The smallest absolute Gasteiger partial charge is 0.242 e. The van der Waals surface area contributed by atoms with Crippen molar-refractivity contribution >= 4 is 27.5 Å². The van der Waals surface area contributed by atoms with E-state index in [-0.39, 0.29) is 31.2 Å². The molecule has 1 N–H and O–H groups in total. The molecular formula is C27H37N3O6S. The number of ether oxygens (including phenoxy) is 2. The maximum Gasteiger partial charge on any atom is 0.242 e. The largest absolute Gasteiger partial charge is 0.486 e. The van der Waals surface area contributed by atoms with Crippen LogP contribution in [-0.4, -0.2) is 63.7 Å². The first-order chi connectivity index (χ1) is 17.7. The lowest BCUT2D eigenvalue weighted by atomic mass is 10.1. The van der Waals surface area contributed by atoms with Gasteiger partial charge in [-0.15, -0.1) is 0 Å². The maximum absolute atomic E-state index is 13.5. The summed E-state index contributed by atoms with van der Waals surface area (Å²) in [6.07, 6.45) is 1.99. The van der Waals surface area contributed by atoms with Crippen molar-refractivity contribution in [2.24, 2.45) is 0 Å². The molecule has 0 spiro atoms. The molecule has 37 heavy (non-hydrogen) atoms. The van der Waals surface area contributed by atoms with Gasteiger partial charge < -0.3 is 19.7 Å². The third-order valence-electron chi connectivity index (χ3n) is 6.30. The summed E-state index contributed by atoms with van der Waals surface area (Å²) in [4.78, 5) is 27.9. The van der Waals surface area contributed by atoms with Crippen molar-refractivity contribution in [1.29, 1.82) is 0 Å². The van der Waals surface area contributed by atoms with Gasteiger partial charge in [-0.05, 0) is 49.9 Å². The molecule has 1 aliphatic heterocycles. The number of nitrogens with one attached hydrogen (secondary N) is 1. The molecule has 3 rings (SSSR count). The summed E-state index contributed by atoms with van der Waals surface area (Å²) in [5, 5.41) is 2.83. The molecule has 2 amide bonds. The van der Waals surface area contributed by atoms with Crippen LogP contribution in [0.25, 0.3) is 0 Å². The molecule has 1 heterocycles. The number of benzene rings is 2. The van der Waals surface area contributed by atoms with Gasteiger partial charge in [-0.1, -0.05) is 31.2 Å². The van der Waals surface area contributed by atoms with Crippen LogP contribution in [0, 0.1) is 6.92 Å². The molecule has 2 aromatic carbocycles. The van der Waals surface area contributed by atoms with Gasteiger partial charge in [0.1, 0.15) is 19.3 Å². The van der Waals surface area contributed by atoms with Crippen molar-refractivity contribution in [2.45, 2.75) is 52.6 Å². The Hall–Kier alpha value is -3.27. The van der Waals surface area contributed by atoms with E-state index in [1.54, 1.807) is 23.1 Å². The maximum atomic E-state index is 13.5. The zero-order chi connectivity index (χ0) is 27.0. The molecule has 0 unspecified atom stereocenters. The fourth-order valence-corrected chi connectivity index (χ4v) is 5.33. The van der Waals surface area contributed by atoms with Gasteiger partial charge in [0.05, 0.1) is 11.9 Å². The number of rotatable bonds is 12. The molecule has 0 aromatic heterocycles. The standard InChI is InChI=1S/C27H37N3O6S/c1-5-23(27(32)28-6-2)29(19-21-11-8-7-10-20(21)3)26(31)12-9-15-30(37(4,33)34)22-13-14-24-25(18-22)36-17-16-35-24/h7-8,10-11,13-14,18,23H,5-6,9,12,15-17,19H2,1-4H3,(H,28,32)/t23-/m1/s1. The van der Waals surface area contributed by atoms with E-state index < -0.39 is 16.1 Å². The van der Waals surface area contributed by atoms with Crippen molar-refractivity contribution in [3.63, 3.8) is 0 Å². The third-order valence-corrected chi connectivity index (χ3v) is 7.50. The minimum absolute atomic E-state index is 0.0956. The van der Waals surface area contributed by atoms with E-state index in [0.717, 1.165) is 17.4 Å². The van der Waals surface area contributed by atoms with Gasteiger partial charge in [0, 0.05) is 32.1 Å². The number of likely N-dealkylation sites (N-methyl/N-ethyl adjacent to an activating group) is 1. The number of amides is 2. The highest BCUT2D eigenvalue weighted by Gasteiger charge is 2.29. The summed E-state index contributed by atoms with van der Waals surface area (Å²) in [6, 6.07) is 12.2. The second kappa shape index (κ2) is 12.8. The number of anilines is 1. The highest BCUT2D eigenvalue weighted by atomic mass is 32.2. The third kappa shape index (κ3) is 7.38. The highest BCUT2D eigenvalue weighted by molar-refractivity contribution is 7.92. The van der Waals surface area contributed by atoms with Gasteiger partial charge in [0.15, 0.2) is 11.5 Å². The summed E-state index contributed by atoms with van der Waals surface area (Å²) >= 11 is 0. The minimum Gasteiger partial charge on any atom is -0.486 e. The fraction of sp³-hybridized carbons (Fsp3) is 0.481. The Labute approximate surface area is 219 Å². The number of nitrogens with zero attached hydrogens (tertiary/aromatic N) is 2. The number of hydrogen-bond donors (Lipinski definition) is 1. The lowest BCUT2D eigenvalue weighted by Gasteiger charge is -2.31. The predicted molar refractivity (Wildman–Crippen MR) is 143 cm³/mol. The zero-order valence-corrected chi connectivity index (χ0v) is 22.8. The number of sulfonamides is 1. The number of aryl methyl sites for hydroxylation is 1. The van der Waals surface area contributed by atoms with Crippen LogP contribution in [0.15, 0.2) is 42.5 Å². The van der Waals surface area contributed by atoms with Crippen LogP contribution in [0.4, 0.5) is 5.69 Å². The molecule has 0 radical (unpaired) electrons. The van der Waals surface area contributed by atoms with Gasteiger partial charge in [0.2, 0.25) is 21.8 Å². The molecule has 1 atom stereocenters. The summed E-state index contributed by atoms with van der Waals surface area (Å²) < 4.78 is 37.6. The predicted octanol–water partition coefficient (Wildman–Crippen LogP) is 3.26. The number of carbonyl (C=O) groups excluding carboxylic acids is 2.